The molecular weight excluding hydrogens is 97.5 g/mol. The monoisotopic (exact) mass is 111 g/mol. The van der Waals surface area contributed by atoms with Crippen LogP contribution in [0.5, 0.6) is 0 Å². The second-order valence-electron chi connectivity index (χ2n) is 0.927. The van der Waals surface area contributed by atoms with Gasteiger partial charge >= 0.3 is 0 Å². The van der Waals surface area contributed by atoms with Gasteiger partial charge in [-0.2, -0.15) is 0 Å². The van der Waals surface area contributed by atoms with Gasteiger partial charge in [0.05, 0.1) is 0 Å². The van der Waals surface area contributed by atoms with Crippen molar-refractivity contribution in [3.8, 4) is 0 Å². The Balaban J connectivity index is 3.73. The van der Waals surface area contributed by atoms with Gasteiger partial charge in [0, 0.05) is 17.9 Å². The molecule has 0 aromatic heterocycles. The average molecular weight is 112 g/mol. The normalized spacial score (nSPS) is 20.7. The van der Waals surface area contributed by atoms with Crippen LogP contribution in [0.4, 0.5) is 0 Å². The summed E-state index contributed by atoms with van der Waals surface area (Å²) in [5.41, 5.74) is 0. The van der Waals surface area contributed by atoms with Crippen molar-refractivity contribution in [3.05, 3.63) is 0 Å². The van der Waals surface area contributed by atoms with Crippen LogP contribution in [0, 0.1) is 0 Å². The van der Waals surface area contributed by atoms with E-state index in [1.165, 1.54) is 0 Å². The minimum Gasteiger partial charge on any atom is -0.308 e. The second-order valence-corrected chi connectivity index (χ2v) is 1.30. The van der Waals surface area contributed by atoms with E-state index in [9.17, 15) is 0 Å². The van der Waals surface area contributed by atoms with Gasteiger partial charge in [-0.3, -0.25) is 0 Å². The van der Waals surface area contributed by atoms with Crippen LogP contribution in [0.2, 0.25) is 0 Å². The fraction of sp³-hybridized carbons (Fsp3) is 1.00. The van der Waals surface area contributed by atoms with Crippen molar-refractivity contribution in [2.75, 3.05) is 26.4 Å². The topological polar surface area (TPSA) is 3.24 Å². The molecule has 6 heavy (non-hydrogen) atoms. The second kappa shape index (κ2) is 3.44. The molecule has 0 fully saturated rings. The molecule has 38 valence electrons. The smallest absolute Gasteiger partial charge is 0.0394 e. The fourth-order valence-corrected chi connectivity index (χ4v) is 0.293. The van der Waals surface area contributed by atoms with Crippen molar-refractivity contribution in [3.63, 3.8) is 0 Å². The third kappa shape index (κ3) is 4.25. The van der Waals surface area contributed by atoms with Crippen LogP contribution in [0.3, 0.4) is 0 Å². The van der Waals surface area contributed by atoms with Crippen LogP contribution in [-0.4, -0.2) is 31.3 Å². The standard InChI is InChI=1S/C4H10ClN/c1-6(2)4-3-5/h3-4H2,1-2H3/i1D2,2D2. The number of halogens is 1. The minimum atomic E-state index is -1.27. The highest BCUT2D eigenvalue weighted by atomic mass is 35.5. The summed E-state index contributed by atoms with van der Waals surface area (Å²) in [6, 6.07) is 0. The molecule has 0 aromatic rings. The summed E-state index contributed by atoms with van der Waals surface area (Å²) < 4.78 is 27.5. The predicted molar refractivity (Wildman–Crippen MR) is 29.3 cm³/mol. The van der Waals surface area contributed by atoms with Crippen molar-refractivity contribution in [1.29, 1.82) is 0 Å². The van der Waals surface area contributed by atoms with Gasteiger partial charge in [-0.25, -0.2) is 0 Å². The predicted octanol–water partition coefficient (Wildman–Crippen LogP) is 0.787. The number of hydrogen-bond acceptors (Lipinski definition) is 1. The van der Waals surface area contributed by atoms with Crippen LogP contribution >= 0.6 is 11.6 Å². The van der Waals surface area contributed by atoms with Gasteiger partial charge in [-0.05, 0) is 14.0 Å². The van der Waals surface area contributed by atoms with E-state index in [0.717, 1.165) is 4.90 Å². The SMILES string of the molecule is [2H]C([2H])N(CCCl)C([2H])[2H]. The molecule has 0 aliphatic rings. The van der Waals surface area contributed by atoms with Crippen molar-refractivity contribution >= 4 is 11.6 Å². The molecule has 0 unspecified atom stereocenters. The summed E-state index contributed by atoms with van der Waals surface area (Å²) in [5.74, 6) is 0.252. The molecule has 0 aliphatic carbocycles. The molecule has 0 radical (unpaired) electrons. The number of rotatable bonds is 2. The summed E-state index contributed by atoms with van der Waals surface area (Å²) in [4.78, 5) is 1.05. The Labute approximate surface area is 49.5 Å². The van der Waals surface area contributed by atoms with E-state index in [2.05, 4.69) is 0 Å². The highest BCUT2D eigenvalue weighted by molar-refractivity contribution is 6.18. The molecule has 0 spiro atoms. The van der Waals surface area contributed by atoms with Crippen LogP contribution in [-0.2, 0) is 0 Å². The van der Waals surface area contributed by atoms with Gasteiger partial charge in [0.25, 0.3) is 0 Å². The lowest BCUT2D eigenvalue weighted by Gasteiger charge is -2.02. The van der Waals surface area contributed by atoms with Crippen LogP contribution < -0.4 is 0 Å². The van der Waals surface area contributed by atoms with E-state index in [-0.39, 0.29) is 12.4 Å². The number of nitrogens with zero attached hydrogens (tertiary/aromatic N) is 1. The molecule has 0 rings (SSSR count). The Hall–Kier alpha value is 0.250. The van der Waals surface area contributed by atoms with Crippen molar-refractivity contribution in [1.82, 2.24) is 4.90 Å². The molecule has 1 nitrogen and oxygen atoms in total. The summed E-state index contributed by atoms with van der Waals surface area (Å²) in [6.45, 7) is -2.28. The number of alkyl halides is 1. The van der Waals surface area contributed by atoms with Gasteiger partial charge in [-0.1, -0.05) is 0 Å². The van der Waals surface area contributed by atoms with E-state index in [1.807, 2.05) is 0 Å². The first-order valence-electron chi connectivity index (χ1n) is 3.91. The molecule has 0 amide bonds. The van der Waals surface area contributed by atoms with E-state index in [4.69, 9.17) is 17.1 Å². The number of hydrogen-bond donors (Lipinski definition) is 0. The van der Waals surface area contributed by atoms with Crippen LogP contribution in [0.25, 0.3) is 0 Å². The van der Waals surface area contributed by atoms with Crippen LogP contribution in [0.1, 0.15) is 5.48 Å². The molecule has 0 heterocycles. The molecule has 0 saturated carbocycles. The van der Waals surface area contributed by atoms with Crippen LogP contribution in [0.15, 0.2) is 0 Å². The Kier molecular flexibility index (Phi) is 1.15. The maximum absolute atomic E-state index is 6.86. The van der Waals surface area contributed by atoms with E-state index in [0.29, 0.717) is 0 Å². The lowest BCUT2D eigenvalue weighted by Crippen LogP contribution is -2.13. The van der Waals surface area contributed by atoms with Crippen molar-refractivity contribution < 1.29 is 5.48 Å². The molecule has 2 heteroatoms. The lowest BCUT2D eigenvalue weighted by atomic mass is 10.7. The quantitative estimate of drug-likeness (QED) is 0.477. The molecule has 0 N–H and O–H groups in total. The molecule has 0 aliphatic heterocycles. The molecule has 0 aromatic carbocycles. The minimum absolute atomic E-state index is 0.247. The Morgan fingerprint density at radius 2 is 2.50 bits per heavy atom. The highest BCUT2D eigenvalue weighted by Gasteiger charge is 1.81. The van der Waals surface area contributed by atoms with Gasteiger partial charge in [-0.15, -0.1) is 11.6 Å². The fourth-order valence-electron chi connectivity index (χ4n) is 0.0976. The summed E-state index contributed by atoms with van der Waals surface area (Å²) in [5, 5.41) is 0. The first kappa shape index (κ1) is 2.01. The summed E-state index contributed by atoms with van der Waals surface area (Å²) in [6.07, 6.45) is 0. The molecule has 0 atom stereocenters. The van der Waals surface area contributed by atoms with Gasteiger partial charge in [0.1, 0.15) is 0 Å². The third-order valence-corrected chi connectivity index (χ3v) is 0.512. The van der Waals surface area contributed by atoms with E-state index >= 15 is 0 Å². The highest BCUT2D eigenvalue weighted by Crippen LogP contribution is 1.75. The Bertz CT molecular complexity index is 81.3. The average Bonchev–Trinajstić information content (AvgIpc) is 1.81. The zero-order chi connectivity index (χ0) is 8.15. The molecular formula is C4H10ClN. The van der Waals surface area contributed by atoms with Crippen molar-refractivity contribution in [2.24, 2.45) is 0 Å². The first-order chi connectivity index (χ1) is 4.59. The first-order valence-corrected chi connectivity index (χ1v) is 2.13. The zero-order valence-electron chi connectivity index (χ0n) is 7.39. The van der Waals surface area contributed by atoms with Gasteiger partial charge < -0.3 is 4.90 Å². The molecule has 0 bridgehead atoms. The lowest BCUT2D eigenvalue weighted by molar-refractivity contribution is 0.436. The van der Waals surface area contributed by atoms with E-state index < -0.39 is 14.0 Å². The summed E-state index contributed by atoms with van der Waals surface area (Å²) >= 11 is 5.31. The molecule has 0 saturated heterocycles. The maximum atomic E-state index is 6.86. The Morgan fingerprint density at radius 1 is 1.83 bits per heavy atom. The van der Waals surface area contributed by atoms with Gasteiger partial charge in [0.2, 0.25) is 0 Å². The summed E-state index contributed by atoms with van der Waals surface area (Å²) in [7, 11) is 0. The maximum Gasteiger partial charge on any atom is 0.0394 e. The largest absolute Gasteiger partial charge is 0.308 e. The zero-order valence-corrected chi connectivity index (χ0v) is 4.15. The van der Waals surface area contributed by atoms with Crippen molar-refractivity contribution in [2.45, 2.75) is 0 Å². The Morgan fingerprint density at radius 3 is 2.67 bits per heavy atom. The van der Waals surface area contributed by atoms with Gasteiger partial charge in [0.15, 0.2) is 0 Å². The van der Waals surface area contributed by atoms with E-state index in [1.54, 1.807) is 0 Å². The third-order valence-electron chi connectivity index (χ3n) is 0.343.